The van der Waals surface area contributed by atoms with Crippen molar-refractivity contribution >= 4 is 27.5 Å². The van der Waals surface area contributed by atoms with Crippen molar-refractivity contribution in [1.29, 1.82) is 0 Å². The lowest BCUT2D eigenvalue weighted by atomic mass is 10.1. The number of anilines is 1. The van der Waals surface area contributed by atoms with Crippen LogP contribution in [0.5, 0.6) is 0 Å². The highest BCUT2D eigenvalue weighted by atomic mass is 32.2. The molecule has 0 saturated heterocycles. The van der Waals surface area contributed by atoms with Crippen molar-refractivity contribution in [2.45, 2.75) is 71.2 Å². The summed E-state index contributed by atoms with van der Waals surface area (Å²) in [6.07, 6.45) is 2.73. The lowest BCUT2D eigenvalue weighted by Crippen LogP contribution is -2.53. The van der Waals surface area contributed by atoms with E-state index < -0.39 is 28.5 Å². The van der Waals surface area contributed by atoms with Gasteiger partial charge in [0.15, 0.2) is 0 Å². The fourth-order valence-electron chi connectivity index (χ4n) is 4.76. The quantitative estimate of drug-likeness (QED) is 0.254. The molecule has 0 aromatic heterocycles. The molecule has 3 rings (SSSR count). The lowest BCUT2D eigenvalue weighted by Gasteiger charge is -2.33. The SMILES string of the molecule is CCCCNC(=O)[C@@H](CC)N(CCc1ccccc1)C(=O)CN(c1cccc(C)c1C)S(=O)(=O)c1ccc(C)cc1. The third-order valence-corrected chi connectivity index (χ3v) is 9.21. The van der Waals surface area contributed by atoms with Gasteiger partial charge in [-0.25, -0.2) is 8.42 Å². The number of rotatable bonds is 14. The van der Waals surface area contributed by atoms with E-state index in [1.807, 2.05) is 64.1 Å². The standard InChI is InChI=1S/C33H43N3O4S/c1-6-8-22-34-33(38)30(7-2)35(23-21-28-14-10-9-11-15-28)32(37)24-36(31-16-12-13-26(4)27(31)5)41(39,40)29-19-17-25(3)18-20-29/h9-20,30H,6-8,21-24H2,1-5H3,(H,34,38)/t30-/m1/s1. The molecule has 2 amide bonds. The molecule has 0 unspecified atom stereocenters. The first-order valence-electron chi connectivity index (χ1n) is 14.4. The number of aryl methyl sites for hydroxylation is 2. The predicted molar refractivity (Wildman–Crippen MR) is 165 cm³/mol. The van der Waals surface area contributed by atoms with Crippen LogP contribution in [0.4, 0.5) is 5.69 Å². The van der Waals surface area contributed by atoms with Gasteiger partial charge in [-0.15, -0.1) is 0 Å². The molecule has 0 aliphatic carbocycles. The number of carbonyl (C=O) groups is 2. The topological polar surface area (TPSA) is 86.8 Å². The highest BCUT2D eigenvalue weighted by Crippen LogP contribution is 2.29. The average molecular weight is 578 g/mol. The molecule has 0 bridgehead atoms. The predicted octanol–water partition coefficient (Wildman–Crippen LogP) is 5.57. The molecule has 0 aliphatic heterocycles. The van der Waals surface area contributed by atoms with Gasteiger partial charge in [-0.05, 0) is 74.9 Å². The van der Waals surface area contributed by atoms with Gasteiger partial charge >= 0.3 is 0 Å². The van der Waals surface area contributed by atoms with Crippen molar-refractivity contribution in [3.63, 3.8) is 0 Å². The summed E-state index contributed by atoms with van der Waals surface area (Å²) in [5, 5.41) is 2.97. The maximum absolute atomic E-state index is 14.2. The number of nitrogens with zero attached hydrogens (tertiary/aromatic N) is 2. The van der Waals surface area contributed by atoms with Crippen LogP contribution in [-0.4, -0.2) is 50.8 Å². The first-order valence-corrected chi connectivity index (χ1v) is 15.8. The molecule has 0 saturated carbocycles. The first-order chi connectivity index (χ1) is 19.6. The lowest BCUT2D eigenvalue weighted by molar-refractivity contribution is -0.139. The Bertz CT molecular complexity index is 1410. The van der Waals surface area contributed by atoms with E-state index >= 15 is 0 Å². The fraction of sp³-hybridized carbons (Fsp3) is 0.394. The molecular weight excluding hydrogens is 534 g/mol. The van der Waals surface area contributed by atoms with Gasteiger partial charge in [-0.1, -0.05) is 80.4 Å². The van der Waals surface area contributed by atoms with Crippen molar-refractivity contribution in [2.24, 2.45) is 0 Å². The molecule has 3 aromatic rings. The summed E-state index contributed by atoms with van der Waals surface area (Å²) >= 11 is 0. The van der Waals surface area contributed by atoms with E-state index in [0.717, 1.165) is 35.1 Å². The van der Waals surface area contributed by atoms with Crippen LogP contribution < -0.4 is 9.62 Å². The van der Waals surface area contributed by atoms with Gasteiger partial charge in [0.25, 0.3) is 10.0 Å². The Kier molecular flexibility index (Phi) is 11.5. The van der Waals surface area contributed by atoms with Gasteiger partial charge in [0.1, 0.15) is 12.6 Å². The largest absolute Gasteiger partial charge is 0.354 e. The first kappa shape index (κ1) is 31.9. The molecule has 1 atom stereocenters. The Balaban J connectivity index is 2.02. The maximum Gasteiger partial charge on any atom is 0.264 e. The summed E-state index contributed by atoms with van der Waals surface area (Å²) in [4.78, 5) is 29.1. The van der Waals surface area contributed by atoms with E-state index in [9.17, 15) is 18.0 Å². The van der Waals surface area contributed by atoms with Gasteiger partial charge in [-0.2, -0.15) is 0 Å². The van der Waals surface area contributed by atoms with Gasteiger partial charge in [0.2, 0.25) is 11.8 Å². The van der Waals surface area contributed by atoms with Crippen molar-refractivity contribution in [3.8, 4) is 0 Å². The van der Waals surface area contributed by atoms with E-state index in [0.29, 0.717) is 25.1 Å². The van der Waals surface area contributed by atoms with Gasteiger partial charge < -0.3 is 10.2 Å². The van der Waals surface area contributed by atoms with E-state index in [1.165, 1.54) is 4.31 Å². The van der Waals surface area contributed by atoms with Crippen LogP contribution in [0.25, 0.3) is 0 Å². The van der Waals surface area contributed by atoms with Gasteiger partial charge in [0, 0.05) is 13.1 Å². The molecule has 1 N–H and O–H groups in total. The number of amides is 2. The number of unbranched alkanes of at least 4 members (excludes halogenated alkanes) is 1. The van der Waals surface area contributed by atoms with Crippen LogP contribution in [0, 0.1) is 20.8 Å². The van der Waals surface area contributed by atoms with Crippen LogP contribution in [0.1, 0.15) is 55.4 Å². The summed E-state index contributed by atoms with van der Waals surface area (Å²) in [5.74, 6) is -0.642. The average Bonchev–Trinajstić information content (AvgIpc) is 2.96. The van der Waals surface area contributed by atoms with Crippen LogP contribution in [-0.2, 0) is 26.0 Å². The van der Waals surface area contributed by atoms with E-state index in [-0.39, 0.29) is 17.3 Å². The minimum absolute atomic E-state index is 0.108. The van der Waals surface area contributed by atoms with Gasteiger partial charge in [0.05, 0.1) is 10.6 Å². The second-order valence-electron chi connectivity index (χ2n) is 10.4. The molecule has 0 radical (unpaired) electrons. The molecule has 0 fully saturated rings. The second kappa shape index (κ2) is 14.8. The van der Waals surface area contributed by atoms with E-state index in [1.54, 1.807) is 41.3 Å². The minimum atomic E-state index is -4.09. The molecular formula is C33H43N3O4S. The summed E-state index contributed by atoms with van der Waals surface area (Å²) < 4.78 is 29.3. The second-order valence-corrected chi connectivity index (χ2v) is 12.3. The van der Waals surface area contributed by atoms with Gasteiger partial charge in [-0.3, -0.25) is 13.9 Å². The Labute approximate surface area is 245 Å². The zero-order valence-corrected chi connectivity index (χ0v) is 25.7. The monoisotopic (exact) mass is 577 g/mol. The Morgan fingerprint density at radius 1 is 0.878 bits per heavy atom. The summed E-state index contributed by atoms with van der Waals surface area (Å²) in [5.41, 5.74) is 4.11. The van der Waals surface area contributed by atoms with Crippen LogP contribution >= 0.6 is 0 Å². The number of benzene rings is 3. The van der Waals surface area contributed by atoms with Crippen LogP contribution in [0.2, 0.25) is 0 Å². The van der Waals surface area contributed by atoms with E-state index in [2.05, 4.69) is 12.2 Å². The Hall–Kier alpha value is -3.65. The van der Waals surface area contributed by atoms with Crippen molar-refractivity contribution in [1.82, 2.24) is 10.2 Å². The number of nitrogens with one attached hydrogen (secondary N) is 1. The highest BCUT2D eigenvalue weighted by molar-refractivity contribution is 7.92. The third kappa shape index (κ3) is 8.19. The fourth-order valence-corrected chi connectivity index (χ4v) is 6.23. The molecule has 0 aliphatic rings. The zero-order chi connectivity index (χ0) is 30.0. The molecule has 0 heterocycles. The molecule has 220 valence electrons. The van der Waals surface area contributed by atoms with E-state index in [4.69, 9.17) is 0 Å². The van der Waals surface area contributed by atoms with Crippen LogP contribution in [0.15, 0.2) is 77.7 Å². The highest BCUT2D eigenvalue weighted by Gasteiger charge is 2.34. The van der Waals surface area contributed by atoms with Crippen molar-refractivity contribution < 1.29 is 18.0 Å². The van der Waals surface area contributed by atoms with Crippen molar-refractivity contribution in [2.75, 3.05) is 23.9 Å². The summed E-state index contributed by atoms with van der Waals surface area (Å²) in [7, 11) is -4.09. The summed E-state index contributed by atoms with van der Waals surface area (Å²) in [6.45, 7) is 9.98. The summed E-state index contributed by atoms with van der Waals surface area (Å²) in [6, 6.07) is 21.1. The molecule has 3 aromatic carbocycles. The Morgan fingerprint density at radius 2 is 1.56 bits per heavy atom. The van der Waals surface area contributed by atoms with Crippen LogP contribution in [0.3, 0.4) is 0 Å². The van der Waals surface area contributed by atoms with Crippen molar-refractivity contribution in [3.05, 3.63) is 95.1 Å². The maximum atomic E-state index is 14.2. The zero-order valence-electron chi connectivity index (χ0n) is 24.9. The minimum Gasteiger partial charge on any atom is -0.354 e. The number of hydrogen-bond donors (Lipinski definition) is 1. The number of sulfonamides is 1. The Morgan fingerprint density at radius 3 is 2.20 bits per heavy atom. The third-order valence-electron chi connectivity index (χ3n) is 7.43. The smallest absolute Gasteiger partial charge is 0.264 e. The molecule has 7 nitrogen and oxygen atoms in total. The molecule has 41 heavy (non-hydrogen) atoms. The number of carbonyl (C=O) groups excluding carboxylic acids is 2. The number of hydrogen-bond acceptors (Lipinski definition) is 4. The normalized spacial score (nSPS) is 12.0. The molecule has 0 spiro atoms. The molecule has 8 heteroatoms.